The largest absolute Gasteiger partial charge is 0.355 e. The zero-order valence-electron chi connectivity index (χ0n) is 14.6. The topological polar surface area (TPSA) is 52.7 Å². The van der Waals surface area contributed by atoms with E-state index < -0.39 is 0 Å². The highest BCUT2D eigenvalue weighted by atomic mass is 16.2. The maximum Gasteiger partial charge on any atom is 0.223 e. The fourth-order valence-corrected chi connectivity index (χ4v) is 3.51. The first-order valence-corrected chi connectivity index (χ1v) is 8.87. The number of rotatable bonds is 5. The Morgan fingerprint density at radius 1 is 1.21 bits per heavy atom. The van der Waals surface area contributed by atoms with Gasteiger partial charge >= 0.3 is 0 Å². The Bertz CT molecular complexity index is 608. The van der Waals surface area contributed by atoms with Gasteiger partial charge in [-0.15, -0.1) is 0 Å². The van der Waals surface area contributed by atoms with Gasteiger partial charge in [0.15, 0.2) is 0 Å². The number of nitrogens with one attached hydrogen (secondary N) is 1. The first-order valence-electron chi connectivity index (χ1n) is 8.87. The van der Waals surface area contributed by atoms with E-state index in [9.17, 15) is 9.59 Å². The molecular weight excluding hydrogens is 302 g/mol. The van der Waals surface area contributed by atoms with Crippen LogP contribution in [0.15, 0.2) is 24.3 Å². The zero-order valence-corrected chi connectivity index (χ0v) is 14.6. The van der Waals surface area contributed by atoms with Gasteiger partial charge < -0.3 is 10.2 Å². The van der Waals surface area contributed by atoms with Gasteiger partial charge in [0, 0.05) is 52.1 Å². The highest BCUT2D eigenvalue weighted by molar-refractivity contribution is 5.82. The summed E-state index contributed by atoms with van der Waals surface area (Å²) in [7, 11) is 0. The molecule has 0 radical (unpaired) electrons. The molecule has 1 aliphatic carbocycles. The number of nitrogens with zero attached hydrogens (tertiary/aromatic N) is 2. The first-order chi connectivity index (χ1) is 11.5. The second-order valence-electron chi connectivity index (χ2n) is 7.00. The molecular formula is C19H27N3O2. The van der Waals surface area contributed by atoms with Crippen LogP contribution in [0.4, 0.5) is 0 Å². The van der Waals surface area contributed by atoms with Gasteiger partial charge in [-0.2, -0.15) is 0 Å². The van der Waals surface area contributed by atoms with Crippen molar-refractivity contribution in [3.05, 3.63) is 35.4 Å². The summed E-state index contributed by atoms with van der Waals surface area (Å²) in [5, 5.41) is 3.08. The van der Waals surface area contributed by atoms with Crippen LogP contribution in [0, 0.1) is 12.8 Å². The molecule has 2 aliphatic rings. The molecule has 2 amide bonds. The molecule has 1 aliphatic heterocycles. The fourth-order valence-electron chi connectivity index (χ4n) is 3.51. The van der Waals surface area contributed by atoms with Gasteiger partial charge in [0.25, 0.3) is 0 Å². The Kier molecular flexibility index (Phi) is 5.19. The van der Waals surface area contributed by atoms with Crippen LogP contribution in [0.5, 0.6) is 0 Å². The monoisotopic (exact) mass is 329 g/mol. The molecule has 1 saturated heterocycles. The van der Waals surface area contributed by atoms with Gasteiger partial charge in [0.1, 0.15) is 0 Å². The maximum absolute atomic E-state index is 12.3. The summed E-state index contributed by atoms with van der Waals surface area (Å²) < 4.78 is 0. The van der Waals surface area contributed by atoms with E-state index in [-0.39, 0.29) is 17.7 Å². The van der Waals surface area contributed by atoms with Crippen LogP contribution in [0.1, 0.15) is 30.4 Å². The third kappa shape index (κ3) is 4.15. The van der Waals surface area contributed by atoms with Crippen molar-refractivity contribution < 1.29 is 9.59 Å². The lowest BCUT2D eigenvalue weighted by molar-refractivity contribution is -0.130. The van der Waals surface area contributed by atoms with Crippen LogP contribution in [0.3, 0.4) is 0 Å². The van der Waals surface area contributed by atoms with E-state index in [1.54, 1.807) is 6.92 Å². The predicted molar refractivity (Wildman–Crippen MR) is 93.7 cm³/mol. The van der Waals surface area contributed by atoms with Gasteiger partial charge in [0.05, 0.1) is 0 Å². The van der Waals surface area contributed by atoms with Crippen LogP contribution in [-0.2, 0) is 9.59 Å². The normalized spacial score (nSPS) is 23.8. The Hall–Kier alpha value is -1.88. The summed E-state index contributed by atoms with van der Waals surface area (Å²) >= 11 is 0. The van der Waals surface area contributed by atoms with Gasteiger partial charge in [-0.25, -0.2) is 0 Å². The summed E-state index contributed by atoms with van der Waals surface area (Å²) in [6, 6.07) is 8.47. The Morgan fingerprint density at radius 2 is 1.96 bits per heavy atom. The molecule has 1 saturated carbocycles. The van der Waals surface area contributed by atoms with Crippen molar-refractivity contribution in [2.45, 2.75) is 26.2 Å². The summed E-state index contributed by atoms with van der Waals surface area (Å²) in [5.41, 5.74) is 2.54. The number of piperazine rings is 1. The molecule has 1 N–H and O–H groups in total. The average molecular weight is 329 g/mol. The number of hydrogen-bond donors (Lipinski definition) is 1. The minimum Gasteiger partial charge on any atom is -0.355 e. The first kappa shape index (κ1) is 17.0. The molecule has 2 fully saturated rings. The molecule has 0 unspecified atom stereocenters. The summed E-state index contributed by atoms with van der Waals surface area (Å²) in [6.45, 7) is 8.64. The number of amides is 2. The quantitative estimate of drug-likeness (QED) is 0.888. The second-order valence-corrected chi connectivity index (χ2v) is 7.00. The fraction of sp³-hybridized carbons (Fsp3) is 0.579. The highest BCUT2D eigenvalue weighted by Gasteiger charge is 2.43. The van der Waals surface area contributed by atoms with Crippen LogP contribution in [-0.4, -0.2) is 60.9 Å². The standard InChI is InChI=1S/C19H27N3O2/c1-14-4-3-5-16(12-14)17-13-18(17)19(24)20-6-7-21-8-10-22(11-9-21)15(2)23/h3-5,12,17-18H,6-11,13H2,1-2H3,(H,20,24)/t17-,18-/m0/s1. The van der Waals surface area contributed by atoms with Crippen LogP contribution in [0.25, 0.3) is 0 Å². The van der Waals surface area contributed by atoms with Crippen LogP contribution < -0.4 is 5.32 Å². The molecule has 1 heterocycles. The van der Waals surface area contributed by atoms with Crippen molar-refractivity contribution >= 4 is 11.8 Å². The molecule has 5 heteroatoms. The Morgan fingerprint density at radius 3 is 2.62 bits per heavy atom. The van der Waals surface area contributed by atoms with E-state index in [1.165, 1.54) is 11.1 Å². The molecule has 2 atom stereocenters. The van der Waals surface area contributed by atoms with Crippen molar-refractivity contribution in [1.82, 2.24) is 15.1 Å². The molecule has 0 spiro atoms. The molecule has 1 aromatic rings. The van der Waals surface area contributed by atoms with Gasteiger partial charge in [0.2, 0.25) is 11.8 Å². The molecule has 3 rings (SSSR count). The molecule has 130 valence electrons. The van der Waals surface area contributed by atoms with Gasteiger partial charge in [-0.1, -0.05) is 29.8 Å². The van der Waals surface area contributed by atoms with Crippen LogP contribution >= 0.6 is 0 Å². The van der Waals surface area contributed by atoms with E-state index in [2.05, 4.69) is 41.4 Å². The number of benzene rings is 1. The van der Waals surface area contributed by atoms with Crippen molar-refractivity contribution in [1.29, 1.82) is 0 Å². The Balaban J connectivity index is 1.36. The SMILES string of the molecule is CC(=O)N1CCN(CCNC(=O)[C@H]2C[C@H]2c2cccc(C)c2)CC1. The Labute approximate surface area is 144 Å². The number of hydrogen-bond acceptors (Lipinski definition) is 3. The van der Waals surface area contributed by atoms with Crippen molar-refractivity contribution in [2.24, 2.45) is 5.92 Å². The smallest absolute Gasteiger partial charge is 0.223 e. The maximum atomic E-state index is 12.3. The second kappa shape index (κ2) is 7.34. The van der Waals surface area contributed by atoms with Crippen LogP contribution in [0.2, 0.25) is 0 Å². The summed E-state index contributed by atoms with van der Waals surface area (Å²) in [4.78, 5) is 27.8. The van der Waals surface area contributed by atoms with E-state index in [1.807, 2.05) is 4.90 Å². The highest BCUT2D eigenvalue weighted by Crippen LogP contribution is 2.47. The summed E-state index contributed by atoms with van der Waals surface area (Å²) in [6.07, 6.45) is 0.965. The molecule has 1 aromatic carbocycles. The minimum absolute atomic E-state index is 0.140. The lowest BCUT2D eigenvalue weighted by Crippen LogP contribution is -2.49. The number of carbonyl (C=O) groups excluding carboxylic acids is 2. The molecule has 24 heavy (non-hydrogen) atoms. The zero-order chi connectivity index (χ0) is 17.1. The molecule has 5 nitrogen and oxygen atoms in total. The van der Waals surface area contributed by atoms with Crippen molar-refractivity contribution in [2.75, 3.05) is 39.3 Å². The lowest BCUT2D eigenvalue weighted by Gasteiger charge is -2.34. The minimum atomic E-state index is 0.140. The predicted octanol–water partition coefficient (Wildman–Crippen LogP) is 1.38. The van der Waals surface area contributed by atoms with Gasteiger partial charge in [-0.3, -0.25) is 14.5 Å². The number of aryl methyl sites for hydroxylation is 1. The average Bonchev–Trinajstić information content (AvgIpc) is 3.36. The van der Waals surface area contributed by atoms with E-state index in [4.69, 9.17) is 0 Å². The van der Waals surface area contributed by atoms with E-state index >= 15 is 0 Å². The summed E-state index contributed by atoms with van der Waals surface area (Å²) in [5.74, 6) is 0.869. The molecule has 0 bridgehead atoms. The van der Waals surface area contributed by atoms with Crippen molar-refractivity contribution in [3.63, 3.8) is 0 Å². The third-order valence-corrected chi connectivity index (χ3v) is 5.14. The number of carbonyl (C=O) groups is 2. The van der Waals surface area contributed by atoms with E-state index in [0.29, 0.717) is 12.5 Å². The lowest BCUT2D eigenvalue weighted by atomic mass is 10.1. The molecule has 0 aromatic heterocycles. The van der Waals surface area contributed by atoms with E-state index in [0.717, 1.165) is 39.1 Å². The van der Waals surface area contributed by atoms with Gasteiger partial charge in [-0.05, 0) is 24.8 Å². The van der Waals surface area contributed by atoms with Crippen molar-refractivity contribution in [3.8, 4) is 0 Å². The third-order valence-electron chi connectivity index (χ3n) is 5.14.